The molecule has 2 aromatic rings. The highest BCUT2D eigenvalue weighted by molar-refractivity contribution is 7.84. The predicted octanol–water partition coefficient (Wildman–Crippen LogP) is 3.59. The summed E-state index contributed by atoms with van der Waals surface area (Å²) >= 11 is 6.05. The molecule has 0 aliphatic rings. The largest absolute Gasteiger partial charge is 0.370 e. The Bertz CT molecular complexity index is 707. The molecule has 2 aromatic carbocycles. The van der Waals surface area contributed by atoms with Gasteiger partial charge in [-0.15, -0.1) is 0 Å². The Kier molecular flexibility index (Phi) is 5.00. The Hall–Kier alpha value is -1.83. The molecule has 5 heteroatoms. The number of anilines is 1. The Morgan fingerprint density at radius 3 is 2.43 bits per heavy atom. The van der Waals surface area contributed by atoms with E-state index in [0.717, 1.165) is 16.1 Å². The average Bonchev–Trinajstić information content (AvgIpc) is 2.47. The Labute approximate surface area is 132 Å². The van der Waals surface area contributed by atoms with Crippen LogP contribution in [-0.4, -0.2) is 17.5 Å². The molecule has 0 bridgehead atoms. The van der Waals surface area contributed by atoms with Crippen LogP contribution < -0.4 is 4.90 Å². The first-order chi connectivity index (χ1) is 10.0. The van der Waals surface area contributed by atoms with Crippen LogP contribution in [0, 0.1) is 11.3 Å². The number of rotatable bonds is 4. The van der Waals surface area contributed by atoms with Crippen molar-refractivity contribution in [2.45, 2.75) is 11.4 Å². The maximum atomic E-state index is 11.4. The second kappa shape index (κ2) is 6.75. The minimum Gasteiger partial charge on any atom is -0.370 e. The van der Waals surface area contributed by atoms with Crippen molar-refractivity contribution < 1.29 is 4.21 Å². The number of nitriles is 1. The highest BCUT2D eigenvalue weighted by atomic mass is 35.5. The predicted molar refractivity (Wildman–Crippen MR) is 87.0 cm³/mol. The molecule has 0 saturated carbocycles. The normalized spacial score (nSPS) is 11.7. The summed E-state index contributed by atoms with van der Waals surface area (Å²) in [7, 11) is 1.01. The molecule has 0 N–H and O–H groups in total. The molecule has 0 spiro atoms. The third-order valence-corrected chi connectivity index (χ3v) is 4.44. The van der Waals surface area contributed by atoms with E-state index in [4.69, 9.17) is 16.9 Å². The third-order valence-electron chi connectivity index (χ3n) is 3.19. The van der Waals surface area contributed by atoms with Crippen molar-refractivity contribution in [3.05, 3.63) is 58.6 Å². The molecule has 3 nitrogen and oxygen atoms in total. The molecule has 0 amide bonds. The van der Waals surface area contributed by atoms with E-state index >= 15 is 0 Å². The molecule has 0 saturated heterocycles. The fourth-order valence-electron chi connectivity index (χ4n) is 1.98. The molecule has 0 aromatic heterocycles. The van der Waals surface area contributed by atoms with Gasteiger partial charge in [-0.25, -0.2) is 0 Å². The fraction of sp³-hybridized carbons (Fsp3) is 0.188. The van der Waals surface area contributed by atoms with E-state index in [-0.39, 0.29) is 0 Å². The van der Waals surface area contributed by atoms with Gasteiger partial charge in [0, 0.05) is 41.2 Å². The quantitative estimate of drug-likeness (QED) is 0.865. The molecule has 21 heavy (non-hydrogen) atoms. The molecule has 108 valence electrons. The lowest BCUT2D eigenvalue weighted by Crippen LogP contribution is -2.16. The number of halogens is 1. The van der Waals surface area contributed by atoms with Gasteiger partial charge in [0.2, 0.25) is 0 Å². The lowest BCUT2D eigenvalue weighted by molar-refractivity contribution is 0.687. The van der Waals surface area contributed by atoms with Gasteiger partial charge in [-0.05, 0) is 35.9 Å². The summed E-state index contributed by atoms with van der Waals surface area (Å²) in [5.41, 5.74) is 2.54. The van der Waals surface area contributed by atoms with E-state index in [1.165, 1.54) is 0 Å². The van der Waals surface area contributed by atoms with Crippen molar-refractivity contribution >= 4 is 28.1 Å². The van der Waals surface area contributed by atoms with E-state index in [1.54, 1.807) is 18.4 Å². The maximum absolute atomic E-state index is 11.4. The molecule has 2 rings (SSSR count). The lowest BCUT2D eigenvalue weighted by Gasteiger charge is -2.20. The van der Waals surface area contributed by atoms with Crippen LogP contribution in [0.5, 0.6) is 0 Å². The Balaban J connectivity index is 2.14. The minimum atomic E-state index is -0.954. The van der Waals surface area contributed by atoms with E-state index in [1.807, 2.05) is 48.3 Å². The van der Waals surface area contributed by atoms with Gasteiger partial charge in [-0.1, -0.05) is 23.7 Å². The van der Waals surface area contributed by atoms with Crippen LogP contribution in [0.4, 0.5) is 5.69 Å². The van der Waals surface area contributed by atoms with Crippen molar-refractivity contribution in [3.63, 3.8) is 0 Å². The fourth-order valence-corrected chi connectivity index (χ4v) is 2.72. The van der Waals surface area contributed by atoms with Gasteiger partial charge in [0.25, 0.3) is 0 Å². The summed E-state index contributed by atoms with van der Waals surface area (Å²) in [5.74, 6) is 0. The first-order valence-corrected chi connectivity index (χ1v) is 8.28. The molecular formula is C16H15ClN2OS. The van der Waals surface area contributed by atoms with Crippen LogP contribution >= 0.6 is 11.6 Å². The van der Waals surface area contributed by atoms with Crippen LogP contribution in [0.25, 0.3) is 0 Å². The van der Waals surface area contributed by atoms with Crippen molar-refractivity contribution in [2.24, 2.45) is 0 Å². The summed E-state index contributed by atoms with van der Waals surface area (Å²) < 4.78 is 11.4. The van der Waals surface area contributed by atoms with Gasteiger partial charge >= 0.3 is 0 Å². The van der Waals surface area contributed by atoms with E-state index in [2.05, 4.69) is 0 Å². The zero-order chi connectivity index (χ0) is 15.4. The van der Waals surface area contributed by atoms with Gasteiger partial charge in [0.1, 0.15) is 6.07 Å². The van der Waals surface area contributed by atoms with Crippen LogP contribution in [0.15, 0.2) is 47.4 Å². The molecule has 0 aliphatic heterocycles. The summed E-state index contributed by atoms with van der Waals surface area (Å²) in [5, 5.41) is 9.34. The lowest BCUT2D eigenvalue weighted by atomic mass is 10.2. The third kappa shape index (κ3) is 3.84. The molecule has 0 radical (unpaired) electrons. The Morgan fingerprint density at radius 2 is 1.90 bits per heavy atom. The van der Waals surface area contributed by atoms with Gasteiger partial charge in [-0.2, -0.15) is 5.26 Å². The van der Waals surface area contributed by atoms with Crippen molar-refractivity contribution in [1.29, 1.82) is 5.26 Å². The topological polar surface area (TPSA) is 44.1 Å². The van der Waals surface area contributed by atoms with E-state index in [9.17, 15) is 4.21 Å². The second-order valence-electron chi connectivity index (χ2n) is 4.73. The summed E-state index contributed by atoms with van der Waals surface area (Å²) in [4.78, 5) is 2.87. The van der Waals surface area contributed by atoms with Crippen LogP contribution in [0.3, 0.4) is 0 Å². The smallest absolute Gasteiger partial charge is 0.101 e. The number of hydrogen-bond acceptors (Lipinski definition) is 3. The summed E-state index contributed by atoms with van der Waals surface area (Å²) in [6, 6.07) is 15.1. The van der Waals surface area contributed by atoms with Gasteiger partial charge in [0.05, 0.1) is 10.6 Å². The molecule has 1 unspecified atom stereocenters. The van der Waals surface area contributed by atoms with Gasteiger partial charge in [0.15, 0.2) is 0 Å². The van der Waals surface area contributed by atoms with E-state index in [0.29, 0.717) is 17.1 Å². The number of hydrogen-bond donors (Lipinski definition) is 0. The maximum Gasteiger partial charge on any atom is 0.101 e. The van der Waals surface area contributed by atoms with Gasteiger partial charge in [-0.3, -0.25) is 4.21 Å². The molecule has 0 aliphatic carbocycles. The zero-order valence-corrected chi connectivity index (χ0v) is 13.4. The van der Waals surface area contributed by atoms with Crippen molar-refractivity contribution in [1.82, 2.24) is 0 Å². The van der Waals surface area contributed by atoms with E-state index < -0.39 is 10.8 Å². The summed E-state index contributed by atoms with van der Waals surface area (Å²) in [6.07, 6.45) is 1.67. The Morgan fingerprint density at radius 1 is 1.24 bits per heavy atom. The van der Waals surface area contributed by atoms with Crippen molar-refractivity contribution in [2.75, 3.05) is 18.2 Å². The zero-order valence-electron chi connectivity index (χ0n) is 11.8. The minimum absolute atomic E-state index is 0.457. The van der Waals surface area contributed by atoms with Crippen molar-refractivity contribution in [3.8, 4) is 6.07 Å². The van der Waals surface area contributed by atoms with Crippen LogP contribution in [-0.2, 0) is 17.3 Å². The summed E-state index contributed by atoms with van der Waals surface area (Å²) in [6.45, 7) is 0.707. The van der Waals surface area contributed by atoms with Crippen LogP contribution in [0.2, 0.25) is 5.02 Å². The molecule has 0 fully saturated rings. The average molecular weight is 319 g/mol. The molecular weight excluding hydrogens is 304 g/mol. The highest BCUT2D eigenvalue weighted by Crippen LogP contribution is 2.23. The monoisotopic (exact) mass is 318 g/mol. The first kappa shape index (κ1) is 15.6. The van der Waals surface area contributed by atoms with Crippen LogP contribution in [0.1, 0.15) is 11.1 Å². The number of nitrogens with zero attached hydrogens (tertiary/aromatic N) is 2. The number of benzene rings is 2. The second-order valence-corrected chi connectivity index (χ2v) is 6.52. The molecule has 0 heterocycles. The van der Waals surface area contributed by atoms with Gasteiger partial charge < -0.3 is 4.90 Å². The highest BCUT2D eigenvalue weighted by Gasteiger charge is 2.06. The standard InChI is InChI=1S/C16H15ClN2OS/c1-19(14-6-5-13(10-18)16(17)9-14)11-12-3-7-15(8-4-12)21(2)20/h3-9H,11H2,1-2H3. The SMILES string of the molecule is CN(Cc1ccc(S(C)=O)cc1)c1ccc(C#N)c(Cl)c1. The first-order valence-electron chi connectivity index (χ1n) is 6.34. The molecule has 1 atom stereocenters.